The lowest BCUT2D eigenvalue weighted by Crippen LogP contribution is -2.30. The van der Waals surface area contributed by atoms with Crippen LogP contribution in [0.25, 0.3) is 0 Å². The molecule has 0 aliphatic heterocycles. The number of hydrogen-bond donors (Lipinski definition) is 2. The second-order valence-corrected chi connectivity index (χ2v) is 7.13. The summed E-state index contributed by atoms with van der Waals surface area (Å²) < 4.78 is 0.936. The SMILES string of the molecule is O=C(NC1CCCc2sccc21)c1cc(I)ccc1O. The van der Waals surface area contributed by atoms with Crippen molar-refractivity contribution < 1.29 is 9.90 Å². The van der Waals surface area contributed by atoms with Crippen molar-refractivity contribution in [1.29, 1.82) is 0 Å². The highest BCUT2D eigenvalue weighted by Gasteiger charge is 2.24. The van der Waals surface area contributed by atoms with Crippen molar-refractivity contribution in [2.75, 3.05) is 0 Å². The van der Waals surface area contributed by atoms with Crippen molar-refractivity contribution in [3.63, 3.8) is 0 Å². The van der Waals surface area contributed by atoms with E-state index in [1.807, 2.05) is 0 Å². The fourth-order valence-electron chi connectivity index (χ4n) is 2.56. The molecule has 5 heteroatoms. The van der Waals surface area contributed by atoms with Gasteiger partial charge in [-0.2, -0.15) is 0 Å². The highest BCUT2D eigenvalue weighted by Crippen LogP contribution is 2.33. The molecule has 104 valence electrons. The predicted molar refractivity (Wildman–Crippen MR) is 88.3 cm³/mol. The van der Waals surface area contributed by atoms with Crippen LogP contribution in [0.2, 0.25) is 0 Å². The monoisotopic (exact) mass is 399 g/mol. The van der Waals surface area contributed by atoms with E-state index in [4.69, 9.17) is 0 Å². The number of rotatable bonds is 2. The Balaban J connectivity index is 1.82. The number of carbonyl (C=O) groups excluding carboxylic acids is 1. The minimum absolute atomic E-state index is 0.0317. The summed E-state index contributed by atoms with van der Waals surface area (Å²) in [6.45, 7) is 0. The van der Waals surface area contributed by atoms with Gasteiger partial charge >= 0.3 is 0 Å². The van der Waals surface area contributed by atoms with E-state index in [0.29, 0.717) is 5.56 Å². The fourth-order valence-corrected chi connectivity index (χ4v) is 4.04. The Labute approximate surface area is 135 Å². The minimum atomic E-state index is -0.204. The van der Waals surface area contributed by atoms with Crippen LogP contribution in [-0.4, -0.2) is 11.0 Å². The molecule has 2 N–H and O–H groups in total. The van der Waals surface area contributed by atoms with Crippen LogP contribution in [0.15, 0.2) is 29.6 Å². The third-order valence-electron chi connectivity index (χ3n) is 3.56. The van der Waals surface area contributed by atoms with E-state index in [0.717, 1.165) is 22.8 Å². The lowest BCUT2D eigenvalue weighted by molar-refractivity contribution is 0.0930. The lowest BCUT2D eigenvalue weighted by atomic mass is 9.94. The molecule has 2 aromatic rings. The highest BCUT2D eigenvalue weighted by atomic mass is 127. The number of phenols is 1. The van der Waals surface area contributed by atoms with Crippen LogP contribution < -0.4 is 5.32 Å². The number of amides is 1. The second-order valence-electron chi connectivity index (χ2n) is 4.88. The number of thiophene rings is 1. The summed E-state index contributed by atoms with van der Waals surface area (Å²) in [4.78, 5) is 13.7. The summed E-state index contributed by atoms with van der Waals surface area (Å²) in [7, 11) is 0. The summed E-state index contributed by atoms with van der Waals surface area (Å²) in [6, 6.07) is 7.22. The molecular weight excluding hydrogens is 385 g/mol. The molecule has 3 nitrogen and oxygen atoms in total. The van der Waals surface area contributed by atoms with E-state index in [-0.39, 0.29) is 17.7 Å². The molecular formula is C15H14INO2S. The van der Waals surface area contributed by atoms with Crippen molar-refractivity contribution in [2.24, 2.45) is 0 Å². The Morgan fingerprint density at radius 1 is 1.40 bits per heavy atom. The van der Waals surface area contributed by atoms with Gasteiger partial charge in [-0.1, -0.05) is 0 Å². The van der Waals surface area contributed by atoms with Gasteiger partial charge in [0.2, 0.25) is 0 Å². The van der Waals surface area contributed by atoms with Crippen LogP contribution in [0.4, 0.5) is 0 Å². The first-order valence-electron chi connectivity index (χ1n) is 6.51. The molecule has 3 rings (SSSR count). The number of nitrogens with one attached hydrogen (secondary N) is 1. The maximum Gasteiger partial charge on any atom is 0.255 e. The third kappa shape index (κ3) is 2.69. The van der Waals surface area contributed by atoms with Gasteiger partial charge in [0.25, 0.3) is 5.91 Å². The van der Waals surface area contributed by atoms with Crippen molar-refractivity contribution in [1.82, 2.24) is 5.32 Å². The van der Waals surface area contributed by atoms with Gasteiger partial charge in [-0.3, -0.25) is 4.79 Å². The third-order valence-corrected chi connectivity index (χ3v) is 5.23. The number of hydrogen-bond acceptors (Lipinski definition) is 3. The van der Waals surface area contributed by atoms with E-state index in [2.05, 4.69) is 39.4 Å². The highest BCUT2D eigenvalue weighted by molar-refractivity contribution is 14.1. The maximum atomic E-state index is 12.3. The van der Waals surface area contributed by atoms with Gasteiger partial charge in [0, 0.05) is 8.45 Å². The average molecular weight is 399 g/mol. The number of fused-ring (bicyclic) bond motifs is 1. The molecule has 1 atom stereocenters. The molecule has 1 unspecified atom stereocenters. The second kappa shape index (κ2) is 5.73. The van der Waals surface area contributed by atoms with Crippen LogP contribution in [0.1, 0.15) is 39.7 Å². The minimum Gasteiger partial charge on any atom is -0.507 e. The summed E-state index contributed by atoms with van der Waals surface area (Å²) in [5.41, 5.74) is 1.58. The van der Waals surface area contributed by atoms with Crippen molar-refractivity contribution in [3.8, 4) is 5.75 Å². The van der Waals surface area contributed by atoms with Crippen LogP contribution in [0.3, 0.4) is 0 Å². The van der Waals surface area contributed by atoms with Gasteiger partial charge in [-0.25, -0.2) is 0 Å². The Kier molecular flexibility index (Phi) is 3.98. The number of phenolic OH excluding ortho intramolecular Hbond substituents is 1. The first-order chi connectivity index (χ1) is 9.65. The topological polar surface area (TPSA) is 49.3 Å². The van der Waals surface area contributed by atoms with Crippen LogP contribution in [0, 0.1) is 3.57 Å². The molecule has 1 amide bonds. The largest absolute Gasteiger partial charge is 0.507 e. The molecule has 1 heterocycles. The van der Waals surface area contributed by atoms with Gasteiger partial charge in [0.05, 0.1) is 11.6 Å². The Morgan fingerprint density at radius 2 is 2.25 bits per heavy atom. The Hall–Kier alpha value is -1.08. The average Bonchev–Trinajstić information content (AvgIpc) is 2.91. The Morgan fingerprint density at radius 3 is 3.10 bits per heavy atom. The molecule has 20 heavy (non-hydrogen) atoms. The number of carbonyl (C=O) groups is 1. The predicted octanol–water partition coefficient (Wildman–Crippen LogP) is 3.87. The number of aromatic hydroxyl groups is 1. The first-order valence-corrected chi connectivity index (χ1v) is 8.46. The lowest BCUT2D eigenvalue weighted by Gasteiger charge is -2.23. The molecule has 0 radical (unpaired) electrons. The van der Waals surface area contributed by atoms with Crippen LogP contribution in [-0.2, 0) is 6.42 Å². The molecule has 0 saturated carbocycles. The zero-order valence-electron chi connectivity index (χ0n) is 10.7. The van der Waals surface area contributed by atoms with E-state index >= 15 is 0 Å². The number of aryl methyl sites for hydroxylation is 1. The van der Waals surface area contributed by atoms with Crippen molar-refractivity contribution >= 4 is 39.8 Å². The van der Waals surface area contributed by atoms with Gasteiger partial charge in [0.15, 0.2) is 0 Å². The number of benzene rings is 1. The van der Waals surface area contributed by atoms with Crippen LogP contribution in [0.5, 0.6) is 5.75 Å². The van der Waals surface area contributed by atoms with E-state index < -0.39 is 0 Å². The van der Waals surface area contributed by atoms with Gasteiger partial charge in [-0.15, -0.1) is 11.3 Å². The molecule has 1 aromatic heterocycles. The zero-order valence-corrected chi connectivity index (χ0v) is 13.7. The number of halogens is 1. The van der Waals surface area contributed by atoms with Crippen molar-refractivity contribution in [2.45, 2.75) is 25.3 Å². The maximum absolute atomic E-state index is 12.3. The molecule has 1 aliphatic rings. The standard InChI is InChI=1S/C15H14INO2S/c16-9-4-5-13(18)11(8-9)15(19)17-12-2-1-3-14-10(12)6-7-20-14/h4-8,12,18H,1-3H2,(H,17,19). The first kappa shape index (κ1) is 13.9. The summed E-state index contributed by atoms with van der Waals surface area (Å²) in [5.74, 6) is -0.172. The van der Waals surface area contributed by atoms with Crippen LogP contribution >= 0.6 is 33.9 Å². The normalized spacial score (nSPS) is 17.6. The van der Waals surface area contributed by atoms with Gasteiger partial charge in [-0.05, 0) is 77.1 Å². The fraction of sp³-hybridized carbons (Fsp3) is 0.267. The Bertz CT molecular complexity index is 653. The van der Waals surface area contributed by atoms with Crippen molar-refractivity contribution in [3.05, 3.63) is 49.2 Å². The molecule has 0 saturated heterocycles. The summed E-state index contributed by atoms with van der Waals surface area (Å²) >= 11 is 3.89. The molecule has 1 aliphatic carbocycles. The van der Waals surface area contributed by atoms with E-state index in [1.54, 1.807) is 29.5 Å². The molecule has 0 spiro atoms. The van der Waals surface area contributed by atoms with Gasteiger partial charge in [0.1, 0.15) is 5.75 Å². The quantitative estimate of drug-likeness (QED) is 0.754. The van der Waals surface area contributed by atoms with E-state index in [1.165, 1.54) is 10.4 Å². The molecule has 0 fully saturated rings. The smallest absolute Gasteiger partial charge is 0.255 e. The van der Waals surface area contributed by atoms with Gasteiger partial charge < -0.3 is 10.4 Å². The van der Waals surface area contributed by atoms with E-state index in [9.17, 15) is 9.90 Å². The summed E-state index contributed by atoms with van der Waals surface area (Å²) in [5, 5.41) is 15.0. The zero-order chi connectivity index (χ0) is 14.1. The molecule has 0 bridgehead atoms. The summed E-state index contributed by atoms with van der Waals surface area (Å²) in [6.07, 6.45) is 3.16. The molecule has 1 aromatic carbocycles.